The van der Waals surface area contributed by atoms with Crippen molar-refractivity contribution < 1.29 is 28.9 Å². The molecule has 4 fully saturated rings. The van der Waals surface area contributed by atoms with Gasteiger partial charge in [-0.3, -0.25) is 4.79 Å². The third-order valence-electron chi connectivity index (χ3n) is 5.07. The Hall–Kier alpha value is -1.14. The van der Waals surface area contributed by atoms with E-state index in [0.29, 0.717) is 25.2 Å². The van der Waals surface area contributed by atoms with E-state index in [1.807, 2.05) is 0 Å². The normalized spacial score (nSPS) is 39.0. The molecule has 2 aliphatic carbocycles. The summed E-state index contributed by atoms with van der Waals surface area (Å²) in [6, 6.07) is 0. The maximum Gasteiger partial charge on any atom is 0.337 e. The van der Waals surface area contributed by atoms with Gasteiger partial charge in [0, 0.05) is 6.42 Å². The number of aliphatic hydroxyl groups excluding tert-OH is 1. The first-order valence-corrected chi connectivity index (χ1v) is 8.17. The zero-order chi connectivity index (χ0) is 15.9. The van der Waals surface area contributed by atoms with Crippen LogP contribution in [0.5, 0.6) is 0 Å². The molecular formula is C16H24O6. The van der Waals surface area contributed by atoms with E-state index in [-0.39, 0.29) is 18.0 Å². The van der Waals surface area contributed by atoms with Crippen molar-refractivity contribution in [3.8, 4) is 0 Å². The molecule has 4 rings (SSSR count). The second-order valence-corrected chi connectivity index (χ2v) is 6.94. The zero-order valence-corrected chi connectivity index (χ0v) is 13.1. The monoisotopic (exact) mass is 312 g/mol. The van der Waals surface area contributed by atoms with Crippen molar-refractivity contribution in [2.75, 3.05) is 0 Å². The molecule has 0 aromatic rings. The van der Waals surface area contributed by atoms with Gasteiger partial charge in [-0.2, -0.15) is 0 Å². The first-order valence-electron chi connectivity index (χ1n) is 8.17. The van der Waals surface area contributed by atoms with Crippen LogP contribution >= 0.6 is 0 Å². The standard InChI is InChI=1S/C16H24O6/c1-3-13(17)15(19)20-9(2)22-16-6-10-4-11(7-16)14(18)21-12(5-10)8-16/h9-13,17H,3-8H2,1-2H3. The van der Waals surface area contributed by atoms with Crippen LogP contribution in [-0.2, 0) is 23.8 Å². The van der Waals surface area contributed by atoms with Crippen molar-refractivity contribution >= 4 is 11.9 Å². The van der Waals surface area contributed by atoms with E-state index in [0.717, 1.165) is 19.3 Å². The van der Waals surface area contributed by atoms with Crippen molar-refractivity contribution in [3.63, 3.8) is 0 Å². The number of esters is 2. The lowest BCUT2D eigenvalue weighted by Crippen LogP contribution is -2.49. The first kappa shape index (κ1) is 15.7. The molecule has 1 N–H and O–H groups in total. The van der Waals surface area contributed by atoms with Gasteiger partial charge in [-0.25, -0.2) is 4.79 Å². The van der Waals surface area contributed by atoms with E-state index in [1.54, 1.807) is 13.8 Å². The number of rotatable bonds is 5. The number of fused-ring (bicyclic) bond motifs is 1. The van der Waals surface area contributed by atoms with E-state index in [4.69, 9.17) is 14.2 Å². The van der Waals surface area contributed by atoms with Crippen LogP contribution in [0.3, 0.4) is 0 Å². The van der Waals surface area contributed by atoms with Gasteiger partial charge in [-0.05, 0) is 44.9 Å². The van der Waals surface area contributed by atoms with Crippen LogP contribution in [0, 0.1) is 11.8 Å². The molecule has 0 spiro atoms. The van der Waals surface area contributed by atoms with Crippen LogP contribution in [0.25, 0.3) is 0 Å². The molecule has 2 heterocycles. The van der Waals surface area contributed by atoms with Gasteiger partial charge >= 0.3 is 11.9 Å². The van der Waals surface area contributed by atoms with Crippen LogP contribution in [0.15, 0.2) is 0 Å². The Bertz CT molecular complexity index is 464. The predicted octanol–water partition coefficient (Wildman–Crippen LogP) is 1.54. The predicted molar refractivity (Wildman–Crippen MR) is 75.6 cm³/mol. The van der Waals surface area contributed by atoms with Crippen LogP contribution in [0.1, 0.15) is 52.4 Å². The number of hydrogen-bond acceptors (Lipinski definition) is 6. The van der Waals surface area contributed by atoms with Crippen LogP contribution < -0.4 is 0 Å². The second kappa shape index (κ2) is 5.81. The van der Waals surface area contributed by atoms with Gasteiger partial charge < -0.3 is 19.3 Å². The largest absolute Gasteiger partial charge is 0.462 e. The summed E-state index contributed by atoms with van der Waals surface area (Å²) in [5.74, 6) is -0.433. The van der Waals surface area contributed by atoms with E-state index < -0.39 is 24.0 Å². The summed E-state index contributed by atoms with van der Waals surface area (Å²) in [5.41, 5.74) is -0.445. The molecule has 0 aromatic heterocycles. The summed E-state index contributed by atoms with van der Waals surface area (Å²) in [7, 11) is 0. The van der Waals surface area contributed by atoms with E-state index >= 15 is 0 Å². The summed E-state index contributed by atoms with van der Waals surface area (Å²) < 4.78 is 16.7. The highest BCUT2D eigenvalue weighted by molar-refractivity contribution is 5.74. The lowest BCUT2D eigenvalue weighted by atomic mass is 9.65. The van der Waals surface area contributed by atoms with Gasteiger partial charge in [0.05, 0.1) is 11.5 Å². The fourth-order valence-electron chi connectivity index (χ4n) is 4.30. The minimum atomic E-state index is -1.12. The minimum absolute atomic E-state index is 0.0807. The highest BCUT2D eigenvalue weighted by Gasteiger charge is 2.54. The van der Waals surface area contributed by atoms with Crippen molar-refractivity contribution in [3.05, 3.63) is 0 Å². The van der Waals surface area contributed by atoms with Gasteiger partial charge in [0.25, 0.3) is 0 Å². The maximum absolute atomic E-state index is 12.0. The van der Waals surface area contributed by atoms with E-state index in [9.17, 15) is 14.7 Å². The number of aliphatic hydroxyl groups is 1. The summed E-state index contributed by atoms with van der Waals surface area (Å²) in [6.07, 6.45) is 2.36. The van der Waals surface area contributed by atoms with Crippen LogP contribution in [0.2, 0.25) is 0 Å². The highest BCUT2D eigenvalue weighted by Crippen LogP contribution is 2.51. The Balaban J connectivity index is 1.66. The summed E-state index contributed by atoms with van der Waals surface area (Å²) >= 11 is 0. The van der Waals surface area contributed by atoms with Crippen molar-refractivity contribution in [1.29, 1.82) is 0 Å². The average molecular weight is 312 g/mol. The molecule has 2 saturated carbocycles. The molecule has 0 aromatic carbocycles. The fraction of sp³-hybridized carbons (Fsp3) is 0.875. The lowest BCUT2D eigenvalue weighted by Gasteiger charge is -2.46. The highest BCUT2D eigenvalue weighted by atomic mass is 16.7. The Morgan fingerprint density at radius 1 is 1.41 bits per heavy atom. The van der Waals surface area contributed by atoms with Crippen molar-refractivity contribution in [2.24, 2.45) is 11.8 Å². The van der Waals surface area contributed by atoms with Gasteiger partial charge in [-0.1, -0.05) is 6.92 Å². The molecule has 0 amide bonds. The fourth-order valence-corrected chi connectivity index (χ4v) is 4.30. The molecule has 4 aliphatic rings. The van der Waals surface area contributed by atoms with Gasteiger partial charge in [0.15, 0.2) is 6.10 Å². The minimum Gasteiger partial charge on any atom is -0.462 e. The third kappa shape index (κ3) is 2.99. The topological polar surface area (TPSA) is 82.1 Å². The van der Waals surface area contributed by atoms with Crippen LogP contribution in [-0.4, -0.2) is 41.1 Å². The van der Waals surface area contributed by atoms with Gasteiger partial charge in [0.1, 0.15) is 6.10 Å². The molecule has 2 aliphatic heterocycles. The molecule has 4 bridgehead atoms. The van der Waals surface area contributed by atoms with E-state index in [2.05, 4.69) is 0 Å². The molecule has 6 nitrogen and oxygen atoms in total. The molecule has 0 radical (unpaired) electrons. The Labute approximate surface area is 130 Å². The number of carbonyl (C=O) groups is 2. The van der Waals surface area contributed by atoms with Gasteiger partial charge in [-0.15, -0.1) is 0 Å². The number of carbonyl (C=O) groups excluding carboxylic acids is 2. The molecule has 6 unspecified atom stereocenters. The van der Waals surface area contributed by atoms with E-state index in [1.165, 1.54) is 0 Å². The second-order valence-electron chi connectivity index (χ2n) is 6.94. The molecule has 22 heavy (non-hydrogen) atoms. The molecule has 6 atom stereocenters. The average Bonchev–Trinajstić information content (AvgIpc) is 2.59. The molecule has 6 heteroatoms. The van der Waals surface area contributed by atoms with Crippen LogP contribution in [0.4, 0.5) is 0 Å². The summed E-state index contributed by atoms with van der Waals surface area (Å²) in [4.78, 5) is 23.7. The first-order chi connectivity index (χ1) is 10.4. The number of ether oxygens (including phenoxy) is 3. The Kier molecular flexibility index (Phi) is 4.16. The summed E-state index contributed by atoms with van der Waals surface area (Å²) in [5, 5.41) is 9.49. The Morgan fingerprint density at radius 3 is 2.91 bits per heavy atom. The number of hydrogen-bond donors (Lipinski definition) is 1. The maximum atomic E-state index is 12.0. The Morgan fingerprint density at radius 2 is 2.18 bits per heavy atom. The quantitative estimate of drug-likeness (QED) is 0.612. The molecule has 124 valence electrons. The SMILES string of the molecule is CCC(O)C(=O)OC(C)OC12CC3CC(C1)OC(=O)C(C3)C2. The lowest BCUT2D eigenvalue weighted by molar-refractivity contribution is -0.233. The van der Waals surface area contributed by atoms with Crippen molar-refractivity contribution in [1.82, 2.24) is 0 Å². The smallest absolute Gasteiger partial charge is 0.337 e. The van der Waals surface area contributed by atoms with Crippen molar-refractivity contribution in [2.45, 2.75) is 76.5 Å². The van der Waals surface area contributed by atoms with Gasteiger partial charge in [0.2, 0.25) is 6.29 Å². The third-order valence-corrected chi connectivity index (χ3v) is 5.07. The summed E-state index contributed by atoms with van der Waals surface area (Å²) in [6.45, 7) is 3.38. The molecular weight excluding hydrogens is 288 g/mol. The molecule has 2 saturated heterocycles. The zero-order valence-electron chi connectivity index (χ0n) is 13.1.